The molecule has 0 bridgehead atoms. The molecule has 0 atom stereocenters. The van der Waals surface area contributed by atoms with Gasteiger partial charge in [-0.25, -0.2) is 4.39 Å². The highest BCUT2D eigenvalue weighted by Gasteiger charge is 2.21. The number of halogens is 1. The molecule has 0 spiro atoms. The number of pyridine rings is 2. The molecule has 7 nitrogen and oxygen atoms in total. The molecule has 1 saturated heterocycles. The SMILES string of the molecule is CCc1cc2ncc(CN3CCN(c4ccc5[nH]ncc5c4F)CC3)cc2[nH]c1=O. The maximum Gasteiger partial charge on any atom is 0.251 e. The standard InChI is InChI=1S/C22H23FN6O/c1-2-15-10-18-19(26-22(15)30)9-14(11-24-18)13-28-5-7-29(8-6-28)20-4-3-17-16(21(20)23)12-25-27-17/h3-4,9-12H,2,5-8,13H2,1H3,(H,25,27)(H,26,30). The van der Waals surface area contributed by atoms with Gasteiger partial charge in [-0.1, -0.05) is 6.92 Å². The lowest BCUT2D eigenvalue weighted by Crippen LogP contribution is -2.46. The third kappa shape index (κ3) is 3.33. The molecular formula is C22H23FN6O. The number of hydrogen-bond donors (Lipinski definition) is 2. The first-order valence-electron chi connectivity index (χ1n) is 10.2. The Morgan fingerprint density at radius 3 is 2.73 bits per heavy atom. The fourth-order valence-corrected chi connectivity index (χ4v) is 4.14. The minimum absolute atomic E-state index is 0.0471. The maximum absolute atomic E-state index is 14.8. The molecular weight excluding hydrogens is 383 g/mol. The molecule has 0 saturated carbocycles. The second kappa shape index (κ2) is 7.53. The zero-order valence-corrected chi connectivity index (χ0v) is 16.8. The number of hydrogen-bond acceptors (Lipinski definition) is 5. The van der Waals surface area contributed by atoms with Crippen molar-refractivity contribution in [3.63, 3.8) is 0 Å². The summed E-state index contributed by atoms with van der Waals surface area (Å²) in [6.45, 7) is 5.86. The minimum Gasteiger partial charge on any atom is -0.367 e. The van der Waals surface area contributed by atoms with E-state index in [2.05, 4.69) is 30.0 Å². The van der Waals surface area contributed by atoms with Crippen molar-refractivity contribution in [2.75, 3.05) is 31.1 Å². The lowest BCUT2D eigenvalue weighted by atomic mass is 10.1. The number of aryl methyl sites for hydroxylation is 1. The summed E-state index contributed by atoms with van der Waals surface area (Å²) in [5, 5.41) is 7.25. The fourth-order valence-electron chi connectivity index (χ4n) is 4.14. The van der Waals surface area contributed by atoms with Gasteiger partial charge in [-0.3, -0.25) is 19.8 Å². The van der Waals surface area contributed by atoms with Crippen LogP contribution < -0.4 is 10.5 Å². The summed E-state index contributed by atoms with van der Waals surface area (Å²) in [5.74, 6) is -0.219. The smallest absolute Gasteiger partial charge is 0.251 e. The van der Waals surface area contributed by atoms with Crippen molar-refractivity contribution in [1.82, 2.24) is 25.1 Å². The average Bonchev–Trinajstić information content (AvgIpc) is 3.24. The highest BCUT2D eigenvalue weighted by Crippen LogP contribution is 2.27. The zero-order chi connectivity index (χ0) is 20.7. The molecule has 0 aliphatic carbocycles. The lowest BCUT2D eigenvalue weighted by molar-refractivity contribution is 0.249. The number of aromatic amines is 2. The van der Waals surface area contributed by atoms with E-state index in [4.69, 9.17) is 0 Å². The zero-order valence-electron chi connectivity index (χ0n) is 16.8. The first kappa shape index (κ1) is 18.7. The Balaban J connectivity index is 1.28. The van der Waals surface area contributed by atoms with Crippen molar-refractivity contribution in [3.8, 4) is 0 Å². The molecule has 3 aromatic heterocycles. The molecule has 0 amide bonds. The van der Waals surface area contributed by atoms with E-state index >= 15 is 0 Å². The van der Waals surface area contributed by atoms with Crippen LogP contribution in [-0.4, -0.2) is 51.2 Å². The molecule has 4 heterocycles. The van der Waals surface area contributed by atoms with Crippen molar-refractivity contribution in [3.05, 3.63) is 64.0 Å². The van der Waals surface area contributed by atoms with E-state index < -0.39 is 0 Å². The van der Waals surface area contributed by atoms with Gasteiger partial charge in [0.05, 0.1) is 33.8 Å². The molecule has 154 valence electrons. The summed E-state index contributed by atoms with van der Waals surface area (Å²) in [6, 6.07) is 7.56. The topological polar surface area (TPSA) is 80.9 Å². The van der Waals surface area contributed by atoms with E-state index in [0.29, 0.717) is 23.0 Å². The van der Waals surface area contributed by atoms with Crippen molar-refractivity contribution in [1.29, 1.82) is 0 Å². The van der Waals surface area contributed by atoms with Crippen LogP contribution in [0.5, 0.6) is 0 Å². The number of H-pyrrole nitrogens is 2. The van der Waals surface area contributed by atoms with Gasteiger partial charge in [-0.2, -0.15) is 5.10 Å². The molecule has 1 fully saturated rings. The molecule has 1 aromatic carbocycles. The summed E-state index contributed by atoms with van der Waals surface area (Å²) in [4.78, 5) is 24.0. The van der Waals surface area contributed by atoms with Crippen molar-refractivity contribution in [2.45, 2.75) is 19.9 Å². The minimum atomic E-state index is -0.219. The molecule has 0 unspecified atom stereocenters. The van der Waals surface area contributed by atoms with Gasteiger partial charge in [0.15, 0.2) is 5.82 Å². The van der Waals surface area contributed by atoms with Gasteiger partial charge in [0.2, 0.25) is 0 Å². The second-order valence-electron chi connectivity index (χ2n) is 7.75. The molecule has 30 heavy (non-hydrogen) atoms. The van der Waals surface area contributed by atoms with Crippen LogP contribution in [0.2, 0.25) is 0 Å². The molecule has 4 aromatic rings. The van der Waals surface area contributed by atoms with Gasteiger partial charge in [-0.05, 0) is 36.2 Å². The number of anilines is 1. The Morgan fingerprint density at radius 2 is 1.93 bits per heavy atom. The van der Waals surface area contributed by atoms with Crippen molar-refractivity contribution < 1.29 is 4.39 Å². The Labute approximate surface area is 172 Å². The third-order valence-corrected chi connectivity index (χ3v) is 5.86. The fraction of sp³-hybridized carbons (Fsp3) is 0.318. The average molecular weight is 406 g/mol. The predicted octanol–water partition coefficient (Wildman–Crippen LogP) is 2.82. The number of benzene rings is 1. The van der Waals surface area contributed by atoms with Gasteiger partial charge in [0.1, 0.15) is 0 Å². The van der Waals surface area contributed by atoms with Crippen LogP contribution in [0.15, 0.2) is 41.5 Å². The molecule has 2 N–H and O–H groups in total. The van der Waals surface area contributed by atoms with Crippen molar-refractivity contribution in [2.24, 2.45) is 0 Å². The van der Waals surface area contributed by atoms with E-state index in [-0.39, 0.29) is 11.4 Å². The number of piperazine rings is 1. The van der Waals surface area contributed by atoms with Crippen molar-refractivity contribution >= 4 is 27.6 Å². The first-order chi connectivity index (χ1) is 14.6. The number of rotatable bonds is 4. The monoisotopic (exact) mass is 406 g/mol. The highest BCUT2D eigenvalue weighted by molar-refractivity contribution is 5.83. The molecule has 5 rings (SSSR count). The summed E-state index contributed by atoms with van der Waals surface area (Å²) in [7, 11) is 0. The Morgan fingerprint density at radius 1 is 1.10 bits per heavy atom. The van der Waals surface area contributed by atoms with Crippen LogP contribution >= 0.6 is 0 Å². The van der Waals surface area contributed by atoms with Crippen LogP contribution in [0.1, 0.15) is 18.1 Å². The number of nitrogens with zero attached hydrogens (tertiary/aromatic N) is 4. The predicted molar refractivity (Wildman–Crippen MR) is 115 cm³/mol. The van der Waals surface area contributed by atoms with E-state index in [9.17, 15) is 9.18 Å². The van der Waals surface area contributed by atoms with E-state index in [1.54, 1.807) is 0 Å². The molecule has 0 radical (unpaired) electrons. The Bertz CT molecular complexity index is 1270. The number of fused-ring (bicyclic) bond motifs is 2. The van der Waals surface area contributed by atoms with Gasteiger partial charge < -0.3 is 9.88 Å². The second-order valence-corrected chi connectivity index (χ2v) is 7.75. The quantitative estimate of drug-likeness (QED) is 0.545. The molecule has 8 heteroatoms. The molecule has 1 aliphatic rings. The van der Waals surface area contributed by atoms with Gasteiger partial charge >= 0.3 is 0 Å². The Kier molecular flexibility index (Phi) is 4.71. The summed E-state index contributed by atoms with van der Waals surface area (Å²) in [5.41, 5.74) is 4.67. The summed E-state index contributed by atoms with van der Waals surface area (Å²) >= 11 is 0. The van der Waals surface area contributed by atoms with Crippen LogP contribution in [0, 0.1) is 5.82 Å². The van der Waals surface area contributed by atoms with Crippen LogP contribution in [0.3, 0.4) is 0 Å². The van der Waals surface area contributed by atoms with E-state index in [1.807, 2.05) is 37.4 Å². The first-order valence-corrected chi connectivity index (χ1v) is 10.2. The molecule has 1 aliphatic heterocycles. The van der Waals surface area contributed by atoms with E-state index in [1.165, 1.54) is 6.20 Å². The summed E-state index contributed by atoms with van der Waals surface area (Å²) < 4.78 is 14.8. The van der Waals surface area contributed by atoms with Gasteiger partial charge in [0, 0.05) is 44.5 Å². The highest BCUT2D eigenvalue weighted by atomic mass is 19.1. The largest absolute Gasteiger partial charge is 0.367 e. The van der Waals surface area contributed by atoms with Crippen LogP contribution in [0.25, 0.3) is 21.9 Å². The van der Waals surface area contributed by atoms with Gasteiger partial charge in [0.25, 0.3) is 5.56 Å². The number of aromatic nitrogens is 4. The van der Waals surface area contributed by atoms with Crippen LogP contribution in [-0.2, 0) is 13.0 Å². The van der Waals surface area contributed by atoms with Crippen LogP contribution in [0.4, 0.5) is 10.1 Å². The maximum atomic E-state index is 14.8. The number of nitrogens with one attached hydrogen (secondary N) is 2. The summed E-state index contributed by atoms with van der Waals surface area (Å²) in [6.07, 6.45) is 4.09. The Hall–Kier alpha value is -3.26. The lowest BCUT2D eigenvalue weighted by Gasteiger charge is -2.36. The third-order valence-electron chi connectivity index (χ3n) is 5.86. The van der Waals surface area contributed by atoms with E-state index in [0.717, 1.165) is 54.9 Å². The normalized spacial score (nSPS) is 15.3. The van der Waals surface area contributed by atoms with Gasteiger partial charge in [-0.15, -0.1) is 0 Å².